The van der Waals surface area contributed by atoms with Gasteiger partial charge in [-0.05, 0) is 67.8 Å². The third kappa shape index (κ3) is 5.38. The van der Waals surface area contributed by atoms with Gasteiger partial charge in [0.15, 0.2) is 0 Å². The second kappa shape index (κ2) is 10.6. The summed E-state index contributed by atoms with van der Waals surface area (Å²) in [6.45, 7) is 3.85. The van der Waals surface area contributed by atoms with Crippen LogP contribution in [0.5, 0.6) is 0 Å². The molecule has 1 fully saturated rings. The van der Waals surface area contributed by atoms with Crippen LogP contribution in [0.15, 0.2) is 77.3 Å². The topological polar surface area (TPSA) is 73.2 Å². The van der Waals surface area contributed by atoms with Crippen LogP contribution in [-0.2, 0) is 16.0 Å². The van der Waals surface area contributed by atoms with Crippen LogP contribution in [0.3, 0.4) is 0 Å². The van der Waals surface area contributed by atoms with Crippen LogP contribution in [0.25, 0.3) is 0 Å². The lowest BCUT2D eigenvalue weighted by atomic mass is 10.1. The molecule has 4 rings (SSSR count). The summed E-state index contributed by atoms with van der Waals surface area (Å²) in [5.41, 5.74) is 3.71. The van der Waals surface area contributed by atoms with Crippen LogP contribution >= 0.6 is 35.0 Å². The summed E-state index contributed by atoms with van der Waals surface area (Å²) in [6.07, 6.45) is 0.299. The molecule has 1 saturated heterocycles. The molecule has 0 saturated carbocycles. The Hall–Kier alpha value is -3.24. The van der Waals surface area contributed by atoms with Gasteiger partial charge in [0.2, 0.25) is 5.91 Å². The average Bonchev–Trinajstić information content (AvgIpc) is 3.14. The maximum Gasteiger partial charge on any atom is 0.269 e. The quantitative estimate of drug-likeness (QED) is 0.300. The average molecular weight is 522 g/mol. The smallest absolute Gasteiger partial charge is 0.269 e. The van der Waals surface area contributed by atoms with Gasteiger partial charge >= 0.3 is 0 Å². The number of carbonyl (C=O) groups is 2. The number of nitrogens with zero attached hydrogens (tertiary/aromatic N) is 2. The van der Waals surface area contributed by atoms with Crippen molar-refractivity contribution in [3.63, 3.8) is 0 Å². The van der Waals surface area contributed by atoms with Crippen molar-refractivity contribution < 1.29 is 9.59 Å². The molecule has 0 radical (unpaired) electrons. The number of benzene rings is 3. The van der Waals surface area contributed by atoms with Crippen molar-refractivity contribution in [3.8, 4) is 6.07 Å². The fraction of sp³-hybridized carbons (Fsp3) is 0.148. The highest BCUT2D eigenvalue weighted by Gasteiger charge is 2.41. The van der Waals surface area contributed by atoms with Gasteiger partial charge in [-0.3, -0.25) is 14.5 Å². The number of rotatable bonds is 5. The van der Waals surface area contributed by atoms with E-state index >= 15 is 0 Å². The molecule has 35 heavy (non-hydrogen) atoms. The first-order chi connectivity index (χ1) is 16.8. The molecule has 1 aliphatic heterocycles. The first-order valence-electron chi connectivity index (χ1n) is 10.8. The van der Waals surface area contributed by atoms with Gasteiger partial charge in [0.05, 0.1) is 5.25 Å². The molecule has 1 N–H and O–H groups in total. The van der Waals surface area contributed by atoms with Gasteiger partial charge in [-0.2, -0.15) is 5.26 Å². The molecule has 0 aliphatic carbocycles. The van der Waals surface area contributed by atoms with Crippen molar-refractivity contribution in [2.45, 2.75) is 25.5 Å². The zero-order valence-electron chi connectivity index (χ0n) is 19.0. The van der Waals surface area contributed by atoms with Gasteiger partial charge in [-0.25, -0.2) is 0 Å². The number of anilines is 2. The summed E-state index contributed by atoms with van der Waals surface area (Å²) in [7, 11) is 0. The highest BCUT2D eigenvalue weighted by molar-refractivity contribution is 8.05. The van der Waals surface area contributed by atoms with Crippen molar-refractivity contribution in [1.29, 1.82) is 5.26 Å². The van der Waals surface area contributed by atoms with Crippen molar-refractivity contribution in [3.05, 3.63) is 104 Å². The van der Waals surface area contributed by atoms with Gasteiger partial charge < -0.3 is 5.32 Å². The first kappa shape index (κ1) is 24.9. The lowest BCUT2D eigenvalue weighted by Gasteiger charge is -2.19. The molecule has 0 unspecified atom stereocenters. The third-order valence-electron chi connectivity index (χ3n) is 5.56. The van der Waals surface area contributed by atoms with E-state index in [2.05, 4.69) is 5.32 Å². The van der Waals surface area contributed by atoms with Crippen LogP contribution in [0.2, 0.25) is 10.0 Å². The van der Waals surface area contributed by atoms with E-state index in [4.69, 9.17) is 23.2 Å². The van der Waals surface area contributed by atoms with Crippen LogP contribution < -0.4 is 10.2 Å². The number of amides is 2. The van der Waals surface area contributed by atoms with Crippen molar-refractivity contribution in [2.24, 2.45) is 0 Å². The molecule has 1 atom stereocenters. The van der Waals surface area contributed by atoms with Crippen molar-refractivity contribution in [1.82, 2.24) is 0 Å². The van der Waals surface area contributed by atoms with Crippen molar-refractivity contribution >= 4 is 58.2 Å². The summed E-state index contributed by atoms with van der Waals surface area (Å²) in [5, 5.41) is 13.5. The Kier molecular flexibility index (Phi) is 7.51. The molecule has 2 amide bonds. The minimum absolute atomic E-state index is 0.133. The maximum absolute atomic E-state index is 13.6. The highest BCUT2D eigenvalue weighted by atomic mass is 35.5. The molecule has 1 aliphatic rings. The van der Waals surface area contributed by atoms with E-state index in [1.165, 1.54) is 16.7 Å². The molecule has 0 spiro atoms. The Morgan fingerprint density at radius 2 is 1.83 bits per heavy atom. The Balaban J connectivity index is 1.74. The van der Waals surface area contributed by atoms with Gasteiger partial charge in [0.25, 0.3) is 5.91 Å². The zero-order chi connectivity index (χ0) is 25.1. The lowest BCUT2D eigenvalue weighted by Crippen LogP contribution is -2.31. The molecule has 176 valence electrons. The maximum atomic E-state index is 13.6. The first-order valence-corrected chi connectivity index (χ1v) is 12.4. The summed E-state index contributed by atoms with van der Waals surface area (Å²) in [4.78, 5) is 28.2. The van der Waals surface area contributed by atoms with E-state index in [1.807, 2.05) is 38.1 Å². The SMILES string of the molecule is Cc1ccc(NC(=O)/C(C#N)=C2/S[C@@H](Cc3cc(Cl)ccc3Cl)C(=O)N2c2ccccc2)c(C)c1. The number of aryl methyl sites for hydroxylation is 2. The Labute approximate surface area is 218 Å². The molecule has 3 aromatic carbocycles. The predicted molar refractivity (Wildman–Crippen MR) is 143 cm³/mol. The molecular weight excluding hydrogens is 501 g/mol. The van der Waals surface area contributed by atoms with E-state index in [9.17, 15) is 14.9 Å². The minimum atomic E-state index is -0.585. The Morgan fingerprint density at radius 1 is 1.09 bits per heavy atom. The van der Waals surface area contributed by atoms with E-state index in [0.717, 1.165) is 16.7 Å². The molecule has 0 bridgehead atoms. The molecule has 8 heteroatoms. The number of thioether (sulfide) groups is 1. The number of hydrogen-bond donors (Lipinski definition) is 1. The van der Waals surface area contributed by atoms with Crippen LogP contribution in [0.1, 0.15) is 16.7 Å². The summed E-state index contributed by atoms with van der Waals surface area (Å²) >= 11 is 13.7. The minimum Gasteiger partial charge on any atom is -0.321 e. The molecule has 3 aromatic rings. The van der Waals surface area contributed by atoms with Gasteiger partial charge in [0.1, 0.15) is 16.7 Å². The van der Waals surface area contributed by atoms with E-state index in [-0.39, 0.29) is 16.5 Å². The number of nitriles is 1. The van der Waals surface area contributed by atoms with E-state index in [0.29, 0.717) is 27.8 Å². The third-order valence-corrected chi connectivity index (χ3v) is 7.43. The zero-order valence-corrected chi connectivity index (χ0v) is 21.3. The predicted octanol–water partition coefficient (Wildman–Crippen LogP) is 6.68. The number of nitrogens with one attached hydrogen (secondary N) is 1. The highest BCUT2D eigenvalue weighted by Crippen LogP contribution is 2.42. The van der Waals surface area contributed by atoms with Gasteiger partial charge in [0, 0.05) is 21.4 Å². The Morgan fingerprint density at radius 3 is 2.51 bits per heavy atom. The Bertz CT molecular complexity index is 1380. The van der Waals surface area contributed by atoms with Gasteiger partial charge in [-0.15, -0.1) is 0 Å². The largest absolute Gasteiger partial charge is 0.321 e. The second-order valence-electron chi connectivity index (χ2n) is 8.12. The number of para-hydroxylation sites is 1. The normalized spacial score (nSPS) is 16.7. The van der Waals surface area contributed by atoms with Crippen LogP contribution in [0, 0.1) is 25.2 Å². The van der Waals surface area contributed by atoms with E-state index < -0.39 is 11.2 Å². The standard InChI is InChI=1S/C27H21Cl2N3O2S/c1-16-8-11-23(17(2)12-16)31-25(33)21(15-30)27-32(20-6-4-3-5-7-20)26(34)24(35-27)14-18-13-19(28)9-10-22(18)29/h3-13,24H,14H2,1-2H3,(H,31,33)/b27-21+/t24-/m0/s1. The molecule has 5 nitrogen and oxygen atoms in total. The second-order valence-corrected chi connectivity index (χ2v) is 10.2. The summed E-state index contributed by atoms with van der Waals surface area (Å²) < 4.78 is 0. The fourth-order valence-electron chi connectivity index (χ4n) is 3.84. The number of halogens is 2. The number of hydrogen-bond acceptors (Lipinski definition) is 4. The molecule has 1 heterocycles. The number of carbonyl (C=O) groups excluding carboxylic acids is 2. The lowest BCUT2D eigenvalue weighted by molar-refractivity contribution is -0.117. The van der Waals surface area contributed by atoms with Crippen LogP contribution in [0.4, 0.5) is 11.4 Å². The summed E-state index contributed by atoms with van der Waals surface area (Å²) in [6, 6.07) is 21.7. The van der Waals surface area contributed by atoms with Gasteiger partial charge in [-0.1, -0.05) is 70.9 Å². The monoisotopic (exact) mass is 521 g/mol. The van der Waals surface area contributed by atoms with Crippen molar-refractivity contribution in [2.75, 3.05) is 10.2 Å². The fourth-order valence-corrected chi connectivity index (χ4v) is 5.52. The van der Waals surface area contributed by atoms with Crippen LogP contribution in [-0.4, -0.2) is 17.1 Å². The molecule has 0 aromatic heterocycles. The van der Waals surface area contributed by atoms with E-state index in [1.54, 1.807) is 48.5 Å². The molecular formula is C27H21Cl2N3O2S. The summed E-state index contributed by atoms with van der Waals surface area (Å²) in [5.74, 6) is -0.809.